The van der Waals surface area contributed by atoms with Crippen molar-refractivity contribution >= 4 is 36.5 Å². The van der Waals surface area contributed by atoms with Crippen molar-refractivity contribution in [3.05, 3.63) is 24.1 Å². The van der Waals surface area contributed by atoms with Gasteiger partial charge in [-0.05, 0) is 18.6 Å². The summed E-state index contributed by atoms with van der Waals surface area (Å²) in [6.07, 6.45) is 0.927. The van der Waals surface area contributed by atoms with Crippen LogP contribution in [0.15, 0.2) is 18.3 Å². The van der Waals surface area contributed by atoms with Crippen molar-refractivity contribution in [2.75, 3.05) is 11.9 Å². The maximum absolute atomic E-state index is 12.6. The van der Waals surface area contributed by atoms with Crippen LogP contribution >= 0.6 is 24.8 Å². The highest BCUT2D eigenvalue weighted by Gasteiger charge is 2.28. The summed E-state index contributed by atoms with van der Waals surface area (Å²) in [4.78, 5) is 15.3. The monoisotopic (exact) mass is 297 g/mol. The molecule has 1 fully saturated rings. The molecule has 0 radical (unpaired) electrons. The SMILES string of the molecule is Cl.Cl.O=C(Nc1ccc(F)cn1)C1CC(O)CN1. The number of hydrogen-bond acceptors (Lipinski definition) is 4. The first kappa shape index (κ1) is 17.1. The minimum absolute atomic E-state index is 0. The summed E-state index contributed by atoms with van der Waals surface area (Å²) in [5.74, 6) is -0.419. The number of carbonyl (C=O) groups excluding carboxylic acids is 1. The van der Waals surface area contributed by atoms with Crippen LogP contribution in [-0.4, -0.2) is 34.7 Å². The lowest BCUT2D eigenvalue weighted by Crippen LogP contribution is -2.35. The normalized spacial score (nSPS) is 21.7. The van der Waals surface area contributed by atoms with Gasteiger partial charge in [-0.3, -0.25) is 4.79 Å². The highest BCUT2D eigenvalue weighted by Crippen LogP contribution is 2.09. The Morgan fingerprint density at radius 1 is 1.50 bits per heavy atom. The second-order valence-electron chi connectivity index (χ2n) is 3.70. The molecule has 2 unspecified atom stereocenters. The summed E-state index contributed by atoms with van der Waals surface area (Å²) in [5.41, 5.74) is 0. The molecule has 0 saturated carbocycles. The summed E-state index contributed by atoms with van der Waals surface area (Å²) >= 11 is 0. The third kappa shape index (κ3) is 4.38. The highest BCUT2D eigenvalue weighted by molar-refractivity contribution is 5.94. The summed E-state index contributed by atoms with van der Waals surface area (Å²) in [6.45, 7) is 0.412. The zero-order valence-corrected chi connectivity index (χ0v) is 10.9. The van der Waals surface area contributed by atoms with Crippen molar-refractivity contribution in [3.63, 3.8) is 0 Å². The average molecular weight is 298 g/mol. The number of hydrogen-bond donors (Lipinski definition) is 3. The smallest absolute Gasteiger partial charge is 0.242 e. The Bertz CT molecular complexity index is 391. The molecule has 1 amide bonds. The number of nitrogens with zero attached hydrogens (tertiary/aromatic N) is 1. The van der Waals surface area contributed by atoms with Gasteiger partial charge in [0.05, 0.1) is 18.3 Å². The number of carbonyl (C=O) groups is 1. The largest absolute Gasteiger partial charge is 0.392 e. The van der Waals surface area contributed by atoms with E-state index in [-0.39, 0.29) is 30.7 Å². The lowest BCUT2D eigenvalue weighted by atomic mass is 10.2. The molecule has 1 aliphatic rings. The van der Waals surface area contributed by atoms with Gasteiger partial charge in [0.2, 0.25) is 5.91 Å². The number of pyridine rings is 1. The Kier molecular flexibility index (Phi) is 7.08. The Balaban J connectivity index is 0.00000144. The molecule has 0 aromatic carbocycles. The molecule has 1 aromatic heterocycles. The summed E-state index contributed by atoms with van der Waals surface area (Å²) in [6, 6.07) is 2.19. The first-order chi connectivity index (χ1) is 7.65. The van der Waals surface area contributed by atoms with E-state index in [0.717, 1.165) is 6.20 Å². The van der Waals surface area contributed by atoms with E-state index in [9.17, 15) is 14.3 Å². The number of nitrogens with one attached hydrogen (secondary N) is 2. The van der Waals surface area contributed by atoms with Crippen LogP contribution in [0.25, 0.3) is 0 Å². The van der Waals surface area contributed by atoms with Crippen molar-refractivity contribution in [2.45, 2.75) is 18.6 Å². The van der Waals surface area contributed by atoms with E-state index in [2.05, 4.69) is 15.6 Å². The maximum atomic E-state index is 12.6. The van der Waals surface area contributed by atoms with E-state index in [4.69, 9.17) is 0 Å². The van der Waals surface area contributed by atoms with Crippen molar-refractivity contribution in [1.29, 1.82) is 0 Å². The first-order valence-electron chi connectivity index (χ1n) is 4.99. The quantitative estimate of drug-likeness (QED) is 0.752. The molecule has 0 spiro atoms. The van der Waals surface area contributed by atoms with Gasteiger partial charge in [0, 0.05) is 6.54 Å². The molecule has 0 aliphatic carbocycles. The van der Waals surface area contributed by atoms with E-state index < -0.39 is 18.0 Å². The van der Waals surface area contributed by atoms with Crippen LogP contribution in [0.2, 0.25) is 0 Å². The Morgan fingerprint density at radius 2 is 2.22 bits per heavy atom. The van der Waals surface area contributed by atoms with E-state index in [1.807, 2.05) is 0 Å². The number of aromatic nitrogens is 1. The molecule has 2 rings (SSSR count). The van der Waals surface area contributed by atoms with Crippen LogP contribution in [-0.2, 0) is 4.79 Å². The van der Waals surface area contributed by atoms with Gasteiger partial charge in [0.25, 0.3) is 0 Å². The molecule has 2 heterocycles. The van der Waals surface area contributed by atoms with Gasteiger partial charge >= 0.3 is 0 Å². The fourth-order valence-corrected chi connectivity index (χ4v) is 1.58. The van der Waals surface area contributed by atoms with E-state index in [1.165, 1.54) is 12.1 Å². The second kappa shape index (κ2) is 7.48. The zero-order chi connectivity index (χ0) is 11.5. The van der Waals surface area contributed by atoms with E-state index >= 15 is 0 Å². The predicted molar refractivity (Wildman–Crippen MR) is 69.7 cm³/mol. The van der Waals surface area contributed by atoms with Gasteiger partial charge in [-0.2, -0.15) is 0 Å². The fourth-order valence-electron chi connectivity index (χ4n) is 1.58. The van der Waals surface area contributed by atoms with Gasteiger partial charge in [-0.15, -0.1) is 24.8 Å². The molecule has 5 nitrogen and oxygen atoms in total. The van der Waals surface area contributed by atoms with Gasteiger partial charge < -0.3 is 15.7 Å². The van der Waals surface area contributed by atoms with E-state index in [1.54, 1.807) is 0 Å². The predicted octanol–water partition coefficient (Wildman–Crippen LogP) is 0.726. The number of β-amino-alcohol motifs (C(OH)–C–C–N with tert-alkyl or cyclic N) is 1. The summed E-state index contributed by atoms with van der Waals surface area (Å²) < 4.78 is 12.6. The lowest BCUT2D eigenvalue weighted by Gasteiger charge is -2.09. The minimum Gasteiger partial charge on any atom is -0.392 e. The number of aliphatic hydroxyl groups is 1. The molecule has 0 bridgehead atoms. The third-order valence-electron chi connectivity index (χ3n) is 2.40. The van der Waals surface area contributed by atoms with E-state index in [0.29, 0.717) is 18.8 Å². The maximum Gasteiger partial charge on any atom is 0.242 e. The molecule has 8 heteroatoms. The van der Waals surface area contributed by atoms with Crippen LogP contribution in [0.4, 0.5) is 10.2 Å². The molecule has 3 N–H and O–H groups in total. The first-order valence-corrected chi connectivity index (χ1v) is 4.99. The summed E-state index contributed by atoms with van der Waals surface area (Å²) in [7, 11) is 0. The Hall–Kier alpha value is -0.950. The van der Waals surface area contributed by atoms with Crippen molar-refractivity contribution in [3.8, 4) is 0 Å². The number of aliphatic hydroxyl groups excluding tert-OH is 1. The van der Waals surface area contributed by atoms with Crippen LogP contribution in [0.3, 0.4) is 0 Å². The van der Waals surface area contributed by atoms with Crippen LogP contribution in [0, 0.1) is 5.82 Å². The minimum atomic E-state index is -0.489. The van der Waals surface area contributed by atoms with Gasteiger partial charge in [-0.1, -0.05) is 0 Å². The molecular weight excluding hydrogens is 284 g/mol. The topological polar surface area (TPSA) is 74.2 Å². The number of amides is 1. The third-order valence-corrected chi connectivity index (χ3v) is 2.40. The number of anilines is 1. The molecule has 2 atom stereocenters. The molecular formula is C10H14Cl2FN3O2. The Labute approximate surface area is 116 Å². The average Bonchev–Trinajstić information content (AvgIpc) is 2.68. The molecule has 18 heavy (non-hydrogen) atoms. The summed E-state index contributed by atoms with van der Waals surface area (Å²) in [5, 5.41) is 14.7. The van der Waals surface area contributed by atoms with Gasteiger partial charge in [-0.25, -0.2) is 9.37 Å². The fraction of sp³-hybridized carbons (Fsp3) is 0.400. The van der Waals surface area contributed by atoms with Crippen LogP contribution < -0.4 is 10.6 Å². The number of halogens is 3. The Morgan fingerprint density at radius 3 is 2.72 bits per heavy atom. The van der Waals surface area contributed by atoms with Gasteiger partial charge in [0.15, 0.2) is 0 Å². The highest BCUT2D eigenvalue weighted by atomic mass is 35.5. The van der Waals surface area contributed by atoms with Crippen molar-refractivity contribution in [1.82, 2.24) is 10.3 Å². The van der Waals surface area contributed by atoms with Gasteiger partial charge in [0.1, 0.15) is 11.6 Å². The van der Waals surface area contributed by atoms with Crippen LogP contribution in [0.1, 0.15) is 6.42 Å². The zero-order valence-electron chi connectivity index (χ0n) is 9.30. The molecule has 1 aromatic rings. The molecule has 1 saturated heterocycles. The van der Waals surface area contributed by atoms with Crippen LogP contribution in [0.5, 0.6) is 0 Å². The van der Waals surface area contributed by atoms with Crippen molar-refractivity contribution in [2.24, 2.45) is 0 Å². The lowest BCUT2D eigenvalue weighted by molar-refractivity contribution is -0.118. The number of rotatable bonds is 2. The standard InChI is InChI=1S/C10H12FN3O2.2ClH/c11-6-1-2-9(13-4-6)14-10(16)8-3-7(15)5-12-8;;/h1-2,4,7-8,12,15H,3,5H2,(H,13,14,16);2*1H. The molecule has 102 valence electrons. The van der Waals surface area contributed by atoms with Crippen molar-refractivity contribution < 1.29 is 14.3 Å². The molecule has 1 aliphatic heterocycles. The second-order valence-corrected chi connectivity index (χ2v) is 3.70.